The van der Waals surface area contributed by atoms with Crippen LogP contribution in [0.5, 0.6) is 0 Å². The summed E-state index contributed by atoms with van der Waals surface area (Å²) < 4.78 is 0. The maximum atomic E-state index is 12.2. The average Bonchev–Trinajstić information content (AvgIpc) is 2.45. The molecule has 0 fully saturated rings. The van der Waals surface area contributed by atoms with Gasteiger partial charge in [0.15, 0.2) is 0 Å². The summed E-state index contributed by atoms with van der Waals surface area (Å²) >= 11 is 11.8. The minimum Gasteiger partial charge on any atom is -0.267 e. The fourth-order valence-electron chi connectivity index (χ4n) is 2.28. The second kappa shape index (κ2) is 7.12. The SMILES string of the molecule is C=C(C)[C@@H]1CC=C(C)C(=NNC(=O)c2ccc(Cl)cc2Cl)C1. The van der Waals surface area contributed by atoms with Gasteiger partial charge in [-0.25, -0.2) is 5.43 Å². The van der Waals surface area contributed by atoms with Crippen LogP contribution >= 0.6 is 23.2 Å². The van der Waals surface area contributed by atoms with Gasteiger partial charge in [0.1, 0.15) is 0 Å². The molecule has 2 rings (SSSR count). The quantitative estimate of drug-likeness (QED) is 0.611. The van der Waals surface area contributed by atoms with E-state index in [0.29, 0.717) is 21.5 Å². The van der Waals surface area contributed by atoms with Gasteiger partial charge >= 0.3 is 0 Å². The minimum atomic E-state index is -0.348. The first-order valence-corrected chi connectivity index (χ1v) is 7.78. The predicted octanol–water partition coefficient (Wildman–Crippen LogP) is 5.01. The van der Waals surface area contributed by atoms with Crippen molar-refractivity contribution in [1.29, 1.82) is 0 Å². The van der Waals surface area contributed by atoms with Crippen LogP contribution in [0.1, 0.15) is 37.0 Å². The molecule has 0 radical (unpaired) electrons. The summed E-state index contributed by atoms with van der Waals surface area (Å²) in [6, 6.07) is 4.74. The summed E-state index contributed by atoms with van der Waals surface area (Å²) in [5.41, 5.74) is 6.01. The molecule has 1 aliphatic rings. The predicted molar refractivity (Wildman–Crippen MR) is 92.7 cm³/mol. The normalized spacial score (nSPS) is 19.7. The van der Waals surface area contributed by atoms with Crippen molar-refractivity contribution >= 4 is 34.8 Å². The van der Waals surface area contributed by atoms with Crippen molar-refractivity contribution in [3.05, 3.63) is 57.6 Å². The van der Waals surface area contributed by atoms with Gasteiger partial charge in [-0.2, -0.15) is 5.10 Å². The standard InChI is InChI=1S/C17H18Cl2N2O/c1-10(2)12-5-4-11(3)16(8-12)20-21-17(22)14-7-6-13(18)9-15(14)19/h4,6-7,9,12H,1,5,8H2,2-3H3,(H,21,22)/t12-/m1/s1. The zero-order chi connectivity index (χ0) is 16.3. The minimum absolute atomic E-state index is 0.306. The largest absolute Gasteiger partial charge is 0.272 e. The van der Waals surface area contributed by atoms with E-state index in [0.717, 1.165) is 29.7 Å². The van der Waals surface area contributed by atoms with Gasteiger partial charge in [0, 0.05) is 5.02 Å². The molecule has 116 valence electrons. The number of carbonyl (C=O) groups is 1. The zero-order valence-electron chi connectivity index (χ0n) is 12.6. The van der Waals surface area contributed by atoms with Gasteiger partial charge in [-0.15, -0.1) is 0 Å². The van der Waals surface area contributed by atoms with Crippen LogP contribution in [0.15, 0.2) is 47.1 Å². The number of nitrogens with zero attached hydrogens (tertiary/aromatic N) is 1. The molecule has 0 bridgehead atoms. The lowest BCUT2D eigenvalue weighted by Crippen LogP contribution is -2.23. The van der Waals surface area contributed by atoms with E-state index in [1.807, 2.05) is 13.8 Å². The van der Waals surface area contributed by atoms with Gasteiger partial charge in [0.2, 0.25) is 0 Å². The van der Waals surface area contributed by atoms with E-state index >= 15 is 0 Å². The number of amides is 1. The molecule has 1 aromatic rings. The number of nitrogens with one attached hydrogen (secondary N) is 1. The van der Waals surface area contributed by atoms with Crippen molar-refractivity contribution in [3.8, 4) is 0 Å². The molecular formula is C17H18Cl2N2O. The van der Waals surface area contributed by atoms with Gasteiger partial charge in [0.25, 0.3) is 5.91 Å². The Labute approximate surface area is 140 Å². The number of hydrogen-bond acceptors (Lipinski definition) is 2. The maximum absolute atomic E-state index is 12.2. The van der Waals surface area contributed by atoms with E-state index in [1.165, 1.54) is 6.07 Å². The fraction of sp³-hybridized carbons (Fsp3) is 0.294. The third-order valence-electron chi connectivity index (χ3n) is 3.77. The molecule has 1 N–H and O–H groups in total. The van der Waals surface area contributed by atoms with E-state index in [9.17, 15) is 4.79 Å². The van der Waals surface area contributed by atoms with Crippen LogP contribution in [0, 0.1) is 5.92 Å². The highest BCUT2D eigenvalue weighted by Gasteiger charge is 2.19. The van der Waals surface area contributed by atoms with Crippen molar-refractivity contribution in [2.75, 3.05) is 0 Å². The molecule has 1 atom stereocenters. The Balaban J connectivity index is 2.13. The van der Waals surface area contributed by atoms with Crippen LogP contribution in [0.25, 0.3) is 0 Å². The summed E-state index contributed by atoms with van der Waals surface area (Å²) in [6.07, 6.45) is 3.88. The zero-order valence-corrected chi connectivity index (χ0v) is 14.1. The van der Waals surface area contributed by atoms with Gasteiger partial charge in [-0.05, 0) is 56.4 Å². The van der Waals surface area contributed by atoms with Gasteiger partial charge in [0.05, 0.1) is 16.3 Å². The van der Waals surface area contributed by atoms with Crippen LogP contribution in [-0.2, 0) is 0 Å². The maximum Gasteiger partial charge on any atom is 0.272 e. The molecule has 0 unspecified atom stereocenters. The fourth-order valence-corrected chi connectivity index (χ4v) is 2.77. The van der Waals surface area contributed by atoms with E-state index < -0.39 is 0 Å². The number of hydrazone groups is 1. The lowest BCUT2D eigenvalue weighted by atomic mass is 9.85. The summed E-state index contributed by atoms with van der Waals surface area (Å²) in [5.74, 6) is 0.0258. The Morgan fingerprint density at radius 2 is 2.14 bits per heavy atom. The van der Waals surface area contributed by atoms with Crippen LogP contribution in [0.4, 0.5) is 0 Å². The number of hydrogen-bond donors (Lipinski definition) is 1. The molecule has 1 amide bonds. The van der Waals surface area contributed by atoms with Crippen LogP contribution in [0.3, 0.4) is 0 Å². The van der Waals surface area contributed by atoms with Gasteiger partial charge in [-0.1, -0.05) is 41.4 Å². The Bertz CT molecular complexity index is 677. The monoisotopic (exact) mass is 336 g/mol. The molecule has 0 saturated carbocycles. The number of benzene rings is 1. The van der Waals surface area contributed by atoms with Crippen molar-refractivity contribution in [2.24, 2.45) is 11.0 Å². The molecule has 22 heavy (non-hydrogen) atoms. The number of halogens is 2. The number of allylic oxidation sites excluding steroid dienone is 3. The molecular weight excluding hydrogens is 319 g/mol. The molecule has 1 aromatic carbocycles. The first-order valence-electron chi connectivity index (χ1n) is 7.03. The van der Waals surface area contributed by atoms with E-state index in [2.05, 4.69) is 23.2 Å². The number of carbonyl (C=O) groups excluding carboxylic acids is 1. The second-order valence-corrected chi connectivity index (χ2v) is 6.34. The first kappa shape index (κ1) is 16.8. The second-order valence-electron chi connectivity index (χ2n) is 5.49. The van der Waals surface area contributed by atoms with Crippen LogP contribution in [-0.4, -0.2) is 11.6 Å². The smallest absolute Gasteiger partial charge is 0.267 e. The van der Waals surface area contributed by atoms with Crippen molar-refractivity contribution in [2.45, 2.75) is 26.7 Å². The average molecular weight is 337 g/mol. The summed E-state index contributed by atoms with van der Waals surface area (Å²) in [4.78, 5) is 12.2. The highest BCUT2D eigenvalue weighted by molar-refractivity contribution is 6.36. The third-order valence-corrected chi connectivity index (χ3v) is 4.32. The van der Waals surface area contributed by atoms with E-state index in [1.54, 1.807) is 12.1 Å². The van der Waals surface area contributed by atoms with Crippen molar-refractivity contribution < 1.29 is 4.79 Å². The lowest BCUT2D eigenvalue weighted by Gasteiger charge is -2.22. The van der Waals surface area contributed by atoms with E-state index in [4.69, 9.17) is 23.2 Å². The Morgan fingerprint density at radius 1 is 1.41 bits per heavy atom. The topological polar surface area (TPSA) is 41.5 Å². The highest BCUT2D eigenvalue weighted by atomic mass is 35.5. The summed E-state index contributed by atoms with van der Waals surface area (Å²) in [7, 11) is 0. The van der Waals surface area contributed by atoms with Crippen LogP contribution in [0.2, 0.25) is 10.0 Å². The van der Waals surface area contributed by atoms with Gasteiger partial charge < -0.3 is 0 Å². The van der Waals surface area contributed by atoms with Crippen molar-refractivity contribution in [3.63, 3.8) is 0 Å². The van der Waals surface area contributed by atoms with E-state index in [-0.39, 0.29) is 5.91 Å². The highest BCUT2D eigenvalue weighted by Crippen LogP contribution is 2.26. The summed E-state index contributed by atoms with van der Waals surface area (Å²) in [5, 5.41) is 5.05. The number of rotatable bonds is 3. The Hall–Kier alpha value is -1.58. The lowest BCUT2D eigenvalue weighted by molar-refractivity contribution is 0.0955. The molecule has 1 aliphatic carbocycles. The van der Waals surface area contributed by atoms with Gasteiger partial charge in [-0.3, -0.25) is 4.79 Å². The Morgan fingerprint density at radius 3 is 2.77 bits per heavy atom. The molecule has 0 aromatic heterocycles. The van der Waals surface area contributed by atoms with Crippen LogP contribution < -0.4 is 5.43 Å². The molecule has 0 saturated heterocycles. The molecule has 3 nitrogen and oxygen atoms in total. The molecule has 0 heterocycles. The summed E-state index contributed by atoms with van der Waals surface area (Å²) in [6.45, 7) is 8.01. The third kappa shape index (κ3) is 3.99. The van der Waals surface area contributed by atoms with Crippen molar-refractivity contribution in [1.82, 2.24) is 5.43 Å². The first-order chi connectivity index (χ1) is 10.4. The Kier molecular flexibility index (Phi) is 5.43. The molecule has 0 aliphatic heterocycles. The molecule has 5 heteroatoms. The molecule has 0 spiro atoms.